The number of nitro groups is 1. The number of carbonyl (C=O) groups is 1. The van der Waals surface area contributed by atoms with Gasteiger partial charge in [-0.05, 0) is 24.3 Å². The summed E-state index contributed by atoms with van der Waals surface area (Å²) in [4.78, 5) is 42.9. The highest BCUT2D eigenvalue weighted by atomic mass is 19.1. The van der Waals surface area contributed by atoms with Crippen molar-refractivity contribution in [2.24, 2.45) is 0 Å². The van der Waals surface area contributed by atoms with E-state index in [1.54, 1.807) is 0 Å². The molecule has 2 N–H and O–H groups in total. The van der Waals surface area contributed by atoms with Crippen LogP contribution in [-0.2, 0) is 6.54 Å². The molecule has 0 spiro atoms. The molecule has 4 rings (SSSR count). The van der Waals surface area contributed by atoms with E-state index in [1.165, 1.54) is 12.1 Å². The summed E-state index contributed by atoms with van der Waals surface area (Å²) in [6.07, 6.45) is -0.710. The molecule has 2 aromatic heterocycles. The van der Waals surface area contributed by atoms with Crippen molar-refractivity contribution in [3.05, 3.63) is 86.0 Å². The van der Waals surface area contributed by atoms with E-state index >= 15 is 0 Å². The number of rotatable bonds is 5. The molecule has 0 atom stereocenters. The minimum absolute atomic E-state index is 0.0955. The van der Waals surface area contributed by atoms with Crippen molar-refractivity contribution in [1.82, 2.24) is 19.1 Å². The smallest absolute Gasteiger partial charge is 0.420 e. The fraction of sp³-hybridized carbons (Fsp3) is 0.0500. The second-order valence-corrected chi connectivity index (χ2v) is 6.82. The van der Waals surface area contributed by atoms with Crippen LogP contribution >= 0.6 is 0 Å². The largest absolute Gasteiger partial charge is 0.464 e. The molecule has 2 heterocycles. The fourth-order valence-electron chi connectivity index (χ4n) is 3.25. The molecule has 34 heavy (non-hydrogen) atoms. The van der Waals surface area contributed by atoms with Crippen molar-refractivity contribution in [1.29, 1.82) is 5.26 Å². The molecule has 12 nitrogen and oxygen atoms in total. The van der Waals surface area contributed by atoms with Crippen LogP contribution in [0.1, 0.15) is 11.1 Å². The second-order valence-electron chi connectivity index (χ2n) is 6.82. The number of nitriles is 1. The maximum absolute atomic E-state index is 14.2. The lowest BCUT2D eigenvalue weighted by Gasteiger charge is -2.08. The Bertz CT molecular complexity index is 1570. The summed E-state index contributed by atoms with van der Waals surface area (Å²) in [5.41, 5.74) is -2.68. The number of hydrogen-bond acceptors (Lipinski definition) is 8. The Balaban J connectivity index is 1.88. The lowest BCUT2D eigenvalue weighted by atomic mass is 10.2. The van der Waals surface area contributed by atoms with Crippen LogP contribution in [0.15, 0.2) is 47.4 Å². The van der Waals surface area contributed by atoms with Crippen LogP contribution in [-0.4, -0.2) is 35.2 Å². The lowest BCUT2D eigenvalue weighted by Crippen LogP contribution is -2.29. The minimum atomic E-state index is -1.68. The number of aromatic nitrogens is 4. The van der Waals surface area contributed by atoms with Crippen LogP contribution in [0.4, 0.5) is 30.9 Å². The Morgan fingerprint density at radius 1 is 1.26 bits per heavy atom. The standard InChI is InChI=1S/C20H11F2N7O5/c21-12-2-1-3-13(22)11(12)9-27-17-16(28(19(27)30)20(31)32)8-24-18(26-17)25-14-6-10(7-23)4-5-15(14)29(33)34/h1-6,8H,9H2,(H,31,32)(H,24,25,26). The first-order valence-electron chi connectivity index (χ1n) is 9.31. The number of carboxylic acid groups (broad SMARTS) is 1. The molecule has 0 aliphatic heterocycles. The topological polar surface area (TPSA) is 169 Å². The molecule has 0 radical (unpaired) electrons. The Morgan fingerprint density at radius 2 is 1.97 bits per heavy atom. The molecular formula is C20H11F2N7O5. The van der Waals surface area contributed by atoms with E-state index in [2.05, 4.69) is 15.3 Å². The molecule has 0 aliphatic rings. The zero-order valence-electron chi connectivity index (χ0n) is 16.8. The third-order valence-corrected chi connectivity index (χ3v) is 4.81. The summed E-state index contributed by atoms with van der Waals surface area (Å²) in [6.45, 7) is -0.686. The van der Waals surface area contributed by atoms with Crippen molar-refractivity contribution in [2.75, 3.05) is 5.32 Å². The maximum Gasteiger partial charge on any atom is 0.420 e. The quantitative estimate of drug-likeness (QED) is 0.331. The lowest BCUT2D eigenvalue weighted by molar-refractivity contribution is -0.383. The van der Waals surface area contributed by atoms with Gasteiger partial charge >= 0.3 is 11.8 Å². The monoisotopic (exact) mass is 467 g/mol. The Hall–Kier alpha value is -5.19. The molecule has 0 unspecified atom stereocenters. The van der Waals surface area contributed by atoms with Gasteiger partial charge in [0.15, 0.2) is 5.65 Å². The number of halogens is 2. The summed E-state index contributed by atoms with van der Waals surface area (Å²) in [7, 11) is 0. The van der Waals surface area contributed by atoms with E-state index in [9.17, 15) is 33.6 Å². The fourth-order valence-corrected chi connectivity index (χ4v) is 3.25. The summed E-state index contributed by atoms with van der Waals surface area (Å²) < 4.78 is 29.4. The van der Waals surface area contributed by atoms with Crippen LogP contribution in [0.2, 0.25) is 0 Å². The number of imidazole rings is 1. The summed E-state index contributed by atoms with van der Waals surface area (Å²) in [5.74, 6) is -2.21. The van der Waals surface area contributed by atoms with Crippen molar-refractivity contribution < 1.29 is 23.6 Å². The molecule has 14 heteroatoms. The van der Waals surface area contributed by atoms with Crippen LogP contribution in [0.25, 0.3) is 11.2 Å². The first kappa shape index (κ1) is 22.0. The minimum Gasteiger partial charge on any atom is -0.464 e. The Labute approximate surface area is 187 Å². The van der Waals surface area contributed by atoms with Gasteiger partial charge in [-0.1, -0.05) is 6.07 Å². The number of fused-ring (bicyclic) bond motifs is 1. The molecule has 0 amide bonds. The summed E-state index contributed by atoms with van der Waals surface area (Å²) in [6, 6.07) is 8.42. The van der Waals surface area contributed by atoms with Gasteiger partial charge in [0.1, 0.15) is 22.8 Å². The first-order valence-corrected chi connectivity index (χ1v) is 9.31. The zero-order chi connectivity index (χ0) is 24.6. The average Bonchev–Trinajstić information content (AvgIpc) is 3.06. The third-order valence-electron chi connectivity index (χ3n) is 4.81. The van der Waals surface area contributed by atoms with Crippen molar-refractivity contribution in [3.8, 4) is 6.07 Å². The van der Waals surface area contributed by atoms with Crippen molar-refractivity contribution in [3.63, 3.8) is 0 Å². The second kappa shape index (κ2) is 8.39. The van der Waals surface area contributed by atoms with E-state index in [0.717, 1.165) is 35.0 Å². The molecule has 0 bridgehead atoms. The van der Waals surface area contributed by atoms with E-state index in [4.69, 9.17) is 5.26 Å². The van der Waals surface area contributed by atoms with Crippen LogP contribution < -0.4 is 11.0 Å². The van der Waals surface area contributed by atoms with Crippen LogP contribution in [0.3, 0.4) is 0 Å². The molecule has 2 aromatic carbocycles. The number of anilines is 2. The zero-order valence-corrected chi connectivity index (χ0v) is 16.8. The molecular weight excluding hydrogens is 456 g/mol. The third kappa shape index (κ3) is 3.77. The van der Waals surface area contributed by atoms with Crippen LogP contribution in [0, 0.1) is 33.1 Å². The summed E-state index contributed by atoms with van der Waals surface area (Å²) >= 11 is 0. The number of benzene rings is 2. The highest BCUT2D eigenvalue weighted by Gasteiger charge is 2.23. The normalized spacial score (nSPS) is 10.7. The van der Waals surface area contributed by atoms with Crippen molar-refractivity contribution >= 4 is 34.6 Å². The number of hydrogen-bond donors (Lipinski definition) is 2. The van der Waals surface area contributed by atoms with E-state index in [-0.39, 0.29) is 28.4 Å². The molecule has 0 saturated heterocycles. The van der Waals surface area contributed by atoms with Gasteiger partial charge in [0, 0.05) is 11.6 Å². The molecule has 170 valence electrons. The number of nitro benzene ring substituents is 1. The van der Waals surface area contributed by atoms with Gasteiger partial charge in [0.05, 0.1) is 29.3 Å². The van der Waals surface area contributed by atoms with Gasteiger partial charge < -0.3 is 10.4 Å². The molecule has 0 aliphatic carbocycles. The molecule has 0 saturated carbocycles. The van der Waals surface area contributed by atoms with E-state index in [0.29, 0.717) is 4.57 Å². The Kier molecular flexibility index (Phi) is 5.43. The predicted molar refractivity (Wildman–Crippen MR) is 112 cm³/mol. The van der Waals surface area contributed by atoms with Gasteiger partial charge in [-0.3, -0.25) is 14.7 Å². The Morgan fingerprint density at radius 3 is 2.59 bits per heavy atom. The van der Waals surface area contributed by atoms with Crippen molar-refractivity contribution in [2.45, 2.75) is 6.54 Å². The predicted octanol–water partition coefficient (Wildman–Crippen LogP) is 2.97. The van der Waals surface area contributed by atoms with Gasteiger partial charge in [-0.25, -0.2) is 23.4 Å². The van der Waals surface area contributed by atoms with Gasteiger partial charge in [0.25, 0.3) is 5.69 Å². The number of nitrogens with one attached hydrogen (secondary N) is 1. The maximum atomic E-state index is 14.2. The van der Waals surface area contributed by atoms with E-state index in [1.807, 2.05) is 6.07 Å². The highest BCUT2D eigenvalue weighted by Crippen LogP contribution is 2.28. The number of nitrogens with zero attached hydrogens (tertiary/aromatic N) is 6. The first-order chi connectivity index (χ1) is 16.2. The van der Waals surface area contributed by atoms with Gasteiger partial charge in [0.2, 0.25) is 5.95 Å². The van der Waals surface area contributed by atoms with Crippen LogP contribution in [0.5, 0.6) is 0 Å². The molecule has 4 aromatic rings. The summed E-state index contributed by atoms with van der Waals surface area (Å²) in [5, 5.41) is 32.4. The average molecular weight is 467 g/mol. The SMILES string of the molecule is N#Cc1ccc([N+](=O)[O-])c(Nc2ncc3c(n2)n(Cc2c(F)cccc2F)c(=O)n3C(=O)O)c1. The van der Waals surface area contributed by atoms with Gasteiger partial charge in [-0.15, -0.1) is 0 Å². The highest BCUT2D eigenvalue weighted by molar-refractivity contribution is 5.84. The van der Waals surface area contributed by atoms with E-state index < -0.39 is 46.1 Å². The van der Waals surface area contributed by atoms with Gasteiger partial charge in [-0.2, -0.15) is 14.8 Å². The molecule has 0 fully saturated rings.